The third-order valence-electron chi connectivity index (χ3n) is 12.2. The lowest BCUT2D eigenvalue weighted by atomic mass is 9.85. The SMILES string of the molecule is CCOC[C@H](C)COCc1ccc(C2C(OCc3ccc4c(c3)N(CCCOC)CCO4)CN(S(=O)(=O)c3ccc(C)cc3)C[C@H]2O[Si](C(C)C)(C(C)C)C(C)C)cc1. The van der Waals surface area contributed by atoms with Crippen LogP contribution in [0.3, 0.4) is 0 Å². The molecule has 0 aliphatic carbocycles. The third-order valence-corrected chi connectivity index (χ3v) is 20.1. The number of fused-ring (bicyclic) bond motifs is 1. The Labute approximate surface area is 357 Å². The zero-order valence-corrected chi connectivity index (χ0v) is 39.3. The van der Waals surface area contributed by atoms with Crippen LogP contribution in [-0.4, -0.2) is 99.6 Å². The highest BCUT2D eigenvalue weighted by Gasteiger charge is 2.51. The van der Waals surface area contributed by atoms with Crippen LogP contribution < -0.4 is 9.64 Å². The van der Waals surface area contributed by atoms with Crippen molar-refractivity contribution < 1.29 is 36.5 Å². The van der Waals surface area contributed by atoms with Gasteiger partial charge >= 0.3 is 0 Å². The van der Waals surface area contributed by atoms with Gasteiger partial charge in [-0.3, -0.25) is 0 Å². The largest absolute Gasteiger partial charge is 0.490 e. The first kappa shape index (κ1) is 47.2. The van der Waals surface area contributed by atoms with E-state index in [2.05, 4.69) is 89.8 Å². The predicted molar refractivity (Wildman–Crippen MR) is 240 cm³/mol. The summed E-state index contributed by atoms with van der Waals surface area (Å²) in [7, 11) is -4.65. The Hall–Kier alpha value is -2.81. The summed E-state index contributed by atoms with van der Waals surface area (Å²) < 4.78 is 68.6. The average Bonchev–Trinajstić information content (AvgIpc) is 3.21. The molecule has 0 spiro atoms. The maximum atomic E-state index is 14.6. The second kappa shape index (κ2) is 21.8. The van der Waals surface area contributed by atoms with Crippen molar-refractivity contribution in [2.45, 2.75) is 122 Å². The molecule has 0 saturated carbocycles. The molecule has 1 saturated heterocycles. The molecular formula is C47H72N2O8SSi. The van der Waals surface area contributed by atoms with Gasteiger partial charge in [-0.25, -0.2) is 8.42 Å². The summed E-state index contributed by atoms with van der Waals surface area (Å²) in [6.07, 6.45) is -0.0275. The lowest BCUT2D eigenvalue weighted by Crippen LogP contribution is -2.59. The number of hydrogen-bond acceptors (Lipinski definition) is 9. The van der Waals surface area contributed by atoms with Crippen LogP contribution in [0.1, 0.15) is 90.0 Å². The van der Waals surface area contributed by atoms with Gasteiger partial charge in [0.1, 0.15) is 12.4 Å². The molecule has 2 aliphatic rings. The maximum absolute atomic E-state index is 14.6. The molecule has 10 nitrogen and oxygen atoms in total. The summed E-state index contributed by atoms with van der Waals surface area (Å²) in [6, 6.07) is 22.0. The van der Waals surface area contributed by atoms with E-state index >= 15 is 0 Å². The Kier molecular flexibility index (Phi) is 17.5. The molecule has 2 unspecified atom stereocenters. The lowest BCUT2D eigenvalue weighted by Gasteiger charge is -2.50. The Bertz CT molecular complexity index is 1820. The molecular weight excluding hydrogens is 781 g/mol. The zero-order chi connectivity index (χ0) is 42.7. The van der Waals surface area contributed by atoms with E-state index in [-0.39, 0.29) is 23.9 Å². The van der Waals surface area contributed by atoms with Crippen LogP contribution in [-0.2, 0) is 46.6 Å². The van der Waals surface area contributed by atoms with E-state index in [0.29, 0.717) is 68.8 Å². The number of ether oxygens (including phenoxy) is 5. The number of nitrogens with zero attached hydrogens (tertiary/aromatic N) is 2. The molecule has 2 aliphatic heterocycles. The van der Waals surface area contributed by atoms with Crippen molar-refractivity contribution in [1.29, 1.82) is 0 Å². The highest BCUT2D eigenvalue weighted by Crippen LogP contribution is 2.47. The number of benzene rings is 3. The number of methoxy groups -OCH3 is 1. The van der Waals surface area contributed by atoms with Gasteiger partial charge in [-0.1, -0.05) is 96.5 Å². The molecule has 0 bridgehead atoms. The van der Waals surface area contributed by atoms with Crippen molar-refractivity contribution in [3.05, 3.63) is 89.0 Å². The van der Waals surface area contributed by atoms with Gasteiger partial charge in [-0.2, -0.15) is 4.31 Å². The van der Waals surface area contributed by atoms with Gasteiger partial charge < -0.3 is 33.0 Å². The number of rotatable bonds is 22. The van der Waals surface area contributed by atoms with Crippen molar-refractivity contribution >= 4 is 24.0 Å². The molecule has 2 heterocycles. The molecule has 3 aromatic rings. The van der Waals surface area contributed by atoms with Crippen LogP contribution in [0.5, 0.6) is 5.75 Å². The third kappa shape index (κ3) is 11.8. The molecule has 12 heteroatoms. The van der Waals surface area contributed by atoms with Gasteiger partial charge in [0.25, 0.3) is 0 Å². The Balaban J connectivity index is 1.53. The van der Waals surface area contributed by atoms with Crippen molar-refractivity contribution in [3.8, 4) is 5.75 Å². The number of sulfonamides is 1. The standard InChI is InChI=1S/C47H72N2O8SSi/c1-11-53-30-38(9)31-54-32-39-15-18-41(19-16-39)47-45(56-33-40-17-22-44-43(27-40)48(24-26-55-44)23-12-25-52-10)28-49(58(50,51)42-20-13-37(8)14-21-42)29-46(47)57-59(34(2)3,35(4)5)36(6)7/h13-22,27,34-36,38,45-47H,11-12,23-26,28-33H2,1-10H3/t38-,45?,46+,47?/m0/s1. The topological polar surface area (TPSA) is 96.0 Å². The summed E-state index contributed by atoms with van der Waals surface area (Å²) >= 11 is 0. The van der Waals surface area contributed by atoms with E-state index in [1.54, 1.807) is 23.5 Å². The van der Waals surface area contributed by atoms with Crippen molar-refractivity contribution in [2.24, 2.45) is 5.92 Å². The van der Waals surface area contributed by atoms with Gasteiger partial charge in [-0.15, -0.1) is 0 Å². The van der Waals surface area contributed by atoms with Crippen LogP contribution in [0.4, 0.5) is 5.69 Å². The molecule has 0 amide bonds. The number of anilines is 1. The average molecular weight is 853 g/mol. The minimum absolute atomic E-state index is 0.195. The van der Waals surface area contributed by atoms with Gasteiger partial charge in [0.2, 0.25) is 18.3 Å². The first-order valence-corrected chi connectivity index (χ1v) is 25.4. The second-order valence-corrected chi connectivity index (χ2v) is 24.8. The van der Waals surface area contributed by atoms with Crippen LogP contribution in [0.2, 0.25) is 16.6 Å². The number of piperidine rings is 1. The smallest absolute Gasteiger partial charge is 0.243 e. The van der Waals surface area contributed by atoms with E-state index in [1.165, 1.54) is 0 Å². The fourth-order valence-electron chi connectivity index (χ4n) is 9.19. The fourth-order valence-corrected chi connectivity index (χ4v) is 16.2. The zero-order valence-electron chi connectivity index (χ0n) is 37.4. The van der Waals surface area contributed by atoms with Crippen molar-refractivity contribution in [1.82, 2.24) is 4.31 Å². The summed E-state index contributed by atoms with van der Waals surface area (Å²) in [6.45, 7) is 26.0. The molecule has 0 N–H and O–H groups in total. The van der Waals surface area contributed by atoms with Gasteiger partial charge in [0.15, 0.2) is 0 Å². The van der Waals surface area contributed by atoms with Crippen molar-refractivity contribution in [3.63, 3.8) is 0 Å². The van der Waals surface area contributed by atoms with Crippen molar-refractivity contribution in [2.75, 3.05) is 71.2 Å². The number of hydrogen-bond donors (Lipinski definition) is 0. The van der Waals surface area contributed by atoms with Crippen LogP contribution in [0, 0.1) is 12.8 Å². The highest BCUT2D eigenvalue weighted by molar-refractivity contribution is 7.89. The monoisotopic (exact) mass is 852 g/mol. The van der Waals surface area contributed by atoms with Gasteiger partial charge in [0.05, 0.1) is 55.8 Å². The molecule has 4 atom stereocenters. The van der Waals surface area contributed by atoms with Crippen LogP contribution >= 0.6 is 0 Å². The van der Waals surface area contributed by atoms with Gasteiger partial charge in [0, 0.05) is 51.8 Å². The quantitative estimate of drug-likeness (QED) is 0.0724. The molecule has 0 radical (unpaired) electrons. The summed E-state index contributed by atoms with van der Waals surface area (Å²) in [5.74, 6) is 0.942. The van der Waals surface area contributed by atoms with E-state index in [1.807, 2.05) is 32.0 Å². The minimum atomic E-state index is -3.88. The summed E-state index contributed by atoms with van der Waals surface area (Å²) in [5.41, 5.74) is 6.12. The summed E-state index contributed by atoms with van der Waals surface area (Å²) in [5, 5.41) is 0. The highest BCUT2D eigenvalue weighted by atomic mass is 32.2. The first-order valence-electron chi connectivity index (χ1n) is 21.8. The molecule has 328 valence electrons. The second-order valence-electron chi connectivity index (χ2n) is 17.5. The van der Waals surface area contributed by atoms with Crippen LogP contribution in [0.15, 0.2) is 71.6 Å². The predicted octanol–water partition coefficient (Wildman–Crippen LogP) is 9.35. The van der Waals surface area contributed by atoms with E-state index < -0.39 is 30.5 Å². The molecule has 5 rings (SSSR count). The molecule has 0 aromatic heterocycles. The first-order chi connectivity index (χ1) is 28.2. The fraction of sp³-hybridized carbons (Fsp3) is 0.617. The van der Waals surface area contributed by atoms with E-state index in [9.17, 15) is 8.42 Å². The number of aryl methyl sites for hydroxylation is 1. The molecule has 3 aromatic carbocycles. The van der Waals surface area contributed by atoms with Crippen LogP contribution in [0.25, 0.3) is 0 Å². The Morgan fingerprint density at radius 1 is 0.814 bits per heavy atom. The lowest BCUT2D eigenvalue weighted by molar-refractivity contribution is -0.0505. The maximum Gasteiger partial charge on any atom is 0.243 e. The Morgan fingerprint density at radius 2 is 1.46 bits per heavy atom. The van der Waals surface area contributed by atoms with E-state index in [0.717, 1.165) is 53.2 Å². The summed E-state index contributed by atoms with van der Waals surface area (Å²) in [4.78, 5) is 2.63. The Morgan fingerprint density at radius 3 is 2.10 bits per heavy atom. The molecule has 1 fully saturated rings. The normalized spacial score (nSPS) is 19.7. The minimum Gasteiger partial charge on any atom is -0.490 e. The van der Waals surface area contributed by atoms with E-state index in [4.69, 9.17) is 28.1 Å². The molecule has 59 heavy (non-hydrogen) atoms. The van der Waals surface area contributed by atoms with Gasteiger partial charge in [-0.05, 0) is 77.8 Å².